The summed E-state index contributed by atoms with van der Waals surface area (Å²) >= 11 is 0. The second kappa shape index (κ2) is 5.16. The number of carbonyl (C=O) groups is 1. The van der Waals surface area contributed by atoms with E-state index in [9.17, 15) is 4.79 Å². The third-order valence-corrected chi connectivity index (χ3v) is 3.64. The van der Waals surface area contributed by atoms with Gasteiger partial charge in [0.25, 0.3) is 0 Å². The zero-order valence-corrected chi connectivity index (χ0v) is 10.8. The molecule has 3 unspecified atom stereocenters. The Morgan fingerprint density at radius 1 is 1.21 bits per heavy atom. The number of hydrogen-bond acceptors (Lipinski definition) is 5. The fraction of sp³-hybridized carbons (Fsp3) is 0.462. The second-order valence-electron chi connectivity index (χ2n) is 4.78. The Kier molecular flexibility index (Phi) is 3.37. The lowest BCUT2D eigenvalue weighted by Gasteiger charge is -2.41. The number of nitrogens with one attached hydrogen (secondary N) is 4. The number of piperazine rings is 1. The van der Waals surface area contributed by atoms with Gasteiger partial charge in [-0.05, 0) is 17.7 Å². The average Bonchev–Trinajstić information content (AvgIpc) is 2.47. The van der Waals surface area contributed by atoms with E-state index in [1.807, 2.05) is 24.3 Å². The Balaban J connectivity index is 1.71. The van der Waals surface area contributed by atoms with Crippen molar-refractivity contribution in [2.45, 2.75) is 18.2 Å². The Hall–Kier alpha value is -1.63. The summed E-state index contributed by atoms with van der Waals surface area (Å²) in [5, 5.41) is 12.8. The predicted molar refractivity (Wildman–Crippen MR) is 70.6 cm³/mol. The molecule has 1 amide bonds. The maximum atomic E-state index is 11.7. The molecule has 0 bridgehead atoms. The molecule has 1 aromatic rings. The van der Waals surface area contributed by atoms with Gasteiger partial charge < -0.3 is 15.4 Å². The van der Waals surface area contributed by atoms with Crippen molar-refractivity contribution in [3.05, 3.63) is 29.8 Å². The van der Waals surface area contributed by atoms with Crippen LogP contribution in [-0.2, 0) is 4.79 Å². The molecule has 2 aliphatic heterocycles. The first-order valence-corrected chi connectivity index (χ1v) is 6.42. The summed E-state index contributed by atoms with van der Waals surface area (Å²) < 4.78 is 5.16. The number of ether oxygens (including phenoxy) is 1. The van der Waals surface area contributed by atoms with Gasteiger partial charge in [0.1, 0.15) is 11.8 Å². The van der Waals surface area contributed by atoms with Crippen LogP contribution in [0.2, 0.25) is 0 Å². The highest BCUT2D eigenvalue weighted by atomic mass is 16.5. The van der Waals surface area contributed by atoms with Gasteiger partial charge in [-0.3, -0.25) is 15.4 Å². The SMILES string of the molecule is COc1ccc(C2CNC3C(=O)NCNC3N2)cc1. The molecule has 2 saturated heterocycles. The van der Waals surface area contributed by atoms with Crippen molar-refractivity contribution < 1.29 is 9.53 Å². The molecule has 0 aromatic heterocycles. The van der Waals surface area contributed by atoms with Crippen molar-refractivity contribution in [3.63, 3.8) is 0 Å². The molecule has 1 aromatic carbocycles. The van der Waals surface area contributed by atoms with Gasteiger partial charge in [-0.25, -0.2) is 0 Å². The van der Waals surface area contributed by atoms with Crippen molar-refractivity contribution in [1.29, 1.82) is 0 Å². The Bertz CT molecular complexity index is 462. The molecule has 6 heteroatoms. The van der Waals surface area contributed by atoms with Crippen LogP contribution in [0.3, 0.4) is 0 Å². The van der Waals surface area contributed by atoms with E-state index >= 15 is 0 Å². The minimum absolute atomic E-state index is 0.0328. The van der Waals surface area contributed by atoms with Gasteiger partial charge in [0.15, 0.2) is 0 Å². The fourth-order valence-corrected chi connectivity index (χ4v) is 2.56. The number of rotatable bonds is 2. The van der Waals surface area contributed by atoms with Crippen LogP contribution in [-0.4, -0.2) is 38.4 Å². The predicted octanol–water partition coefficient (Wildman–Crippen LogP) is -0.699. The summed E-state index contributed by atoms with van der Waals surface area (Å²) in [6.07, 6.45) is -0.0328. The first-order valence-electron chi connectivity index (χ1n) is 6.42. The zero-order chi connectivity index (χ0) is 13.2. The van der Waals surface area contributed by atoms with Crippen molar-refractivity contribution in [2.75, 3.05) is 20.3 Å². The van der Waals surface area contributed by atoms with Crippen LogP contribution in [0.5, 0.6) is 5.75 Å². The summed E-state index contributed by atoms with van der Waals surface area (Å²) in [6, 6.07) is 7.96. The van der Waals surface area contributed by atoms with Crippen LogP contribution in [0.15, 0.2) is 24.3 Å². The van der Waals surface area contributed by atoms with E-state index in [4.69, 9.17) is 4.74 Å². The molecule has 6 nitrogen and oxygen atoms in total. The number of methoxy groups -OCH3 is 1. The summed E-state index contributed by atoms with van der Waals surface area (Å²) in [7, 11) is 1.66. The van der Waals surface area contributed by atoms with Gasteiger partial charge in [-0.2, -0.15) is 0 Å². The average molecular weight is 262 g/mol. The lowest BCUT2D eigenvalue weighted by atomic mass is 10.0. The standard InChI is InChI=1S/C13H18N4O2/c1-19-9-4-2-8(3-5-9)10-6-14-11-12(17-10)15-7-16-13(11)18/h2-5,10-12,14-15,17H,6-7H2,1H3,(H,16,18). The van der Waals surface area contributed by atoms with E-state index in [-0.39, 0.29) is 24.2 Å². The van der Waals surface area contributed by atoms with Gasteiger partial charge in [0.05, 0.1) is 19.9 Å². The van der Waals surface area contributed by atoms with E-state index in [0.29, 0.717) is 6.67 Å². The third kappa shape index (κ3) is 2.42. The molecule has 0 aliphatic carbocycles. The fourth-order valence-electron chi connectivity index (χ4n) is 2.56. The molecule has 0 spiro atoms. The molecule has 4 N–H and O–H groups in total. The first-order chi connectivity index (χ1) is 9.28. The van der Waals surface area contributed by atoms with E-state index in [1.54, 1.807) is 7.11 Å². The maximum Gasteiger partial charge on any atom is 0.241 e. The van der Waals surface area contributed by atoms with Crippen LogP contribution in [0, 0.1) is 0 Å². The molecule has 19 heavy (non-hydrogen) atoms. The minimum Gasteiger partial charge on any atom is -0.497 e. The van der Waals surface area contributed by atoms with Gasteiger partial charge in [-0.1, -0.05) is 12.1 Å². The number of benzene rings is 1. The van der Waals surface area contributed by atoms with Gasteiger partial charge in [0.2, 0.25) is 5.91 Å². The van der Waals surface area contributed by atoms with Crippen molar-refractivity contribution in [1.82, 2.24) is 21.3 Å². The van der Waals surface area contributed by atoms with Crippen molar-refractivity contribution in [2.24, 2.45) is 0 Å². The van der Waals surface area contributed by atoms with Gasteiger partial charge in [0, 0.05) is 12.6 Å². The molecule has 3 atom stereocenters. The Labute approximate surface area is 111 Å². The van der Waals surface area contributed by atoms with Crippen molar-refractivity contribution >= 4 is 5.91 Å². The highest BCUT2D eigenvalue weighted by molar-refractivity contribution is 5.83. The summed E-state index contributed by atoms with van der Waals surface area (Å²) in [5.74, 6) is 0.894. The molecular formula is C13H18N4O2. The lowest BCUT2D eigenvalue weighted by Crippen LogP contribution is -2.72. The summed E-state index contributed by atoms with van der Waals surface area (Å²) in [6.45, 7) is 1.23. The van der Waals surface area contributed by atoms with E-state index < -0.39 is 0 Å². The first kappa shape index (κ1) is 12.4. The minimum atomic E-state index is -0.205. The number of carbonyl (C=O) groups excluding carboxylic acids is 1. The topological polar surface area (TPSA) is 74.4 Å². The van der Waals surface area contributed by atoms with Crippen LogP contribution in [0.1, 0.15) is 11.6 Å². The smallest absolute Gasteiger partial charge is 0.241 e. The normalized spacial score (nSPS) is 30.4. The van der Waals surface area contributed by atoms with Crippen molar-refractivity contribution in [3.8, 4) is 5.75 Å². The quantitative estimate of drug-likeness (QED) is 0.567. The maximum absolute atomic E-state index is 11.7. The summed E-state index contributed by atoms with van der Waals surface area (Å²) in [4.78, 5) is 11.7. The monoisotopic (exact) mass is 262 g/mol. The van der Waals surface area contributed by atoms with Gasteiger partial charge in [-0.15, -0.1) is 0 Å². The lowest BCUT2D eigenvalue weighted by molar-refractivity contribution is -0.126. The van der Waals surface area contributed by atoms with Crippen LogP contribution >= 0.6 is 0 Å². The molecule has 3 rings (SSSR count). The van der Waals surface area contributed by atoms with E-state index in [1.165, 1.54) is 5.56 Å². The highest BCUT2D eigenvalue weighted by Gasteiger charge is 2.36. The molecule has 2 heterocycles. The zero-order valence-electron chi connectivity index (χ0n) is 10.8. The van der Waals surface area contributed by atoms with E-state index in [0.717, 1.165) is 12.3 Å². The molecule has 0 saturated carbocycles. The molecular weight excluding hydrogens is 244 g/mol. The van der Waals surface area contributed by atoms with E-state index in [2.05, 4.69) is 21.3 Å². The highest BCUT2D eigenvalue weighted by Crippen LogP contribution is 2.20. The molecule has 0 radical (unpaired) electrons. The molecule has 102 valence electrons. The number of fused-ring (bicyclic) bond motifs is 1. The third-order valence-electron chi connectivity index (χ3n) is 3.64. The second-order valence-corrected chi connectivity index (χ2v) is 4.78. The molecule has 2 aliphatic rings. The number of hydrogen-bond donors (Lipinski definition) is 4. The number of amides is 1. The summed E-state index contributed by atoms with van der Waals surface area (Å²) in [5.41, 5.74) is 1.18. The van der Waals surface area contributed by atoms with Crippen LogP contribution < -0.4 is 26.0 Å². The van der Waals surface area contributed by atoms with Crippen LogP contribution in [0.4, 0.5) is 0 Å². The Morgan fingerprint density at radius 3 is 2.74 bits per heavy atom. The van der Waals surface area contributed by atoms with Gasteiger partial charge >= 0.3 is 0 Å². The largest absolute Gasteiger partial charge is 0.497 e. The van der Waals surface area contributed by atoms with Crippen LogP contribution in [0.25, 0.3) is 0 Å². The molecule has 2 fully saturated rings. The Morgan fingerprint density at radius 2 is 2.00 bits per heavy atom.